The summed E-state index contributed by atoms with van der Waals surface area (Å²) in [4.78, 5) is 23.7. The Kier molecular flexibility index (Phi) is 6.03. The van der Waals surface area contributed by atoms with Crippen molar-refractivity contribution in [3.05, 3.63) is 58.6 Å². The number of carbonyl (C=O) groups is 2. The Bertz CT molecular complexity index is 749. The van der Waals surface area contributed by atoms with Crippen molar-refractivity contribution < 1.29 is 19.1 Å². The second-order valence-electron chi connectivity index (χ2n) is 4.94. The maximum Gasteiger partial charge on any atom is 0.340 e. The molecule has 1 amide bonds. The van der Waals surface area contributed by atoms with Crippen LogP contribution in [0.3, 0.4) is 0 Å². The summed E-state index contributed by atoms with van der Waals surface area (Å²) in [6.07, 6.45) is 0. The first-order chi connectivity index (χ1) is 11.5. The fourth-order valence-corrected chi connectivity index (χ4v) is 2.12. The number of anilines is 1. The molecule has 3 N–H and O–H groups in total. The molecule has 0 bridgehead atoms. The Morgan fingerprint density at radius 1 is 1.21 bits per heavy atom. The van der Waals surface area contributed by atoms with E-state index >= 15 is 0 Å². The standard InChI is InChI=1S/C17H17ClN2O4/c1-23-13-4-2-3-11(7-13)9-20-16(21)10-24-17(22)14-8-12(18)5-6-15(14)19/h2-8H,9-10,19H2,1H3,(H,20,21). The van der Waals surface area contributed by atoms with Crippen molar-refractivity contribution in [1.29, 1.82) is 0 Å². The van der Waals surface area contributed by atoms with Crippen LogP contribution in [0.5, 0.6) is 5.75 Å². The predicted octanol–water partition coefficient (Wildman–Crippen LogP) is 2.40. The Balaban J connectivity index is 1.84. The zero-order chi connectivity index (χ0) is 17.5. The minimum Gasteiger partial charge on any atom is -0.497 e. The Hall–Kier alpha value is -2.73. The fourth-order valence-electron chi connectivity index (χ4n) is 1.95. The molecular formula is C17H17ClN2O4. The van der Waals surface area contributed by atoms with Crippen LogP contribution in [0.15, 0.2) is 42.5 Å². The van der Waals surface area contributed by atoms with Gasteiger partial charge in [-0.15, -0.1) is 0 Å². The number of methoxy groups -OCH3 is 1. The van der Waals surface area contributed by atoms with Crippen LogP contribution < -0.4 is 15.8 Å². The number of nitrogens with two attached hydrogens (primary N) is 1. The SMILES string of the molecule is COc1cccc(CNC(=O)COC(=O)c2cc(Cl)ccc2N)c1. The van der Waals surface area contributed by atoms with Crippen molar-refractivity contribution in [1.82, 2.24) is 5.32 Å². The van der Waals surface area contributed by atoms with E-state index in [9.17, 15) is 9.59 Å². The third-order valence-electron chi connectivity index (χ3n) is 3.19. The molecule has 0 atom stereocenters. The lowest BCUT2D eigenvalue weighted by molar-refractivity contribution is -0.124. The van der Waals surface area contributed by atoms with E-state index in [1.54, 1.807) is 19.2 Å². The average Bonchev–Trinajstić information content (AvgIpc) is 2.60. The highest BCUT2D eigenvalue weighted by Gasteiger charge is 2.13. The molecule has 0 fully saturated rings. The van der Waals surface area contributed by atoms with Crippen molar-refractivity contribution >= 4 is 29.2 Å². The van der Waals surface area contributed by atoms with Crippen LogP contribution in [-0.2, 0) is 16.1 Å². The molecule has 6 nitrogen and oxygen atoms in total. The summed E-state index contributed by atoms with van der Waals surface area (Å²) in [5.74, 6) is -0.428. The molecule has 2 aromatic rings. The van der Waals surface area contributed by atoms with Crippen molar-refractivity contribution in [3.8, 4) is 5.75 Å². The normalized spacial score (nSPS) is 10.1. The second-order valence-corrected chi connectivity index (χ2v) is 5.37. The summed E-state index contributed by atoms with van der Waals surface area (Å²) in [6.45, 7) is -0.109. The van der Waals surface area contributed by atoms with E-state index in [1.165, 1.54) is 12.1 Å². The first kappa shape index (κ1) is 17.6. The number of amides is 1. The average molecular weight is 349 g/mol. The number of hydrogen-bond acceptors (Lipinski definition) is 5. The summed E-state index contributed by atoms with van der Waals surface area (Å²) < 4.78 is 10.1. The molecule has 24 heavy (non-hydrogen) atoms. The third-order valence-corrected chi connectivity index (χ3v) is 3.43. The maximum atomic E-state index is 11.9. The number of benzene rings is 2. The zero-order valence-electron chi connectivity index (χ0n) is 13.0. The van der Waals surface area contributed by atoms with Crippen LogP contribution in [0.25, 0.3) is 0 Å². The smallest absolute Gasteiger partial charge is 0.340 e. The molecule has 0 heterocycles. The summed E-state index contributed by atoms with van der Waals surface area (Å²) in [5.41, 5.74) is 6.92. The quantitative estimate of drug-likeness (QED) is 0.618. The molecular weight excluding hydrogens is 332 g/mol. The number of ether oxygens (including phenoxy) is 2. The summed E-state index contributed by atoms with van der Waals surface area (Å²) in [5, 5.41) is 3.01. The van der Waals surface area contributed by atoms with Gasteiger partial charge in [-0.3, -0.25) is 4.79 Å². The van der Waals surface area contributed by atoms with Crippen LogP contribution in [0.1, 0.15) is 15.9 Å². The van der Waals surface area contributed by atoms with E-state index in [0.29, 0.717) is 17.3 Å². The number of nitrogen functional groups attached to an aromatic ring is 1. The number of carbonyl (C=O) groups excluding carboxylic acids is 2. The molecule has 0 aliphatic heterocycles. The van der Waals surface area contributed by atoms with Gasteiger partial charge in [-0.2, -0.15) is 0 Å². The highest BCUT2D eigenvalue weighted by Crippen LogP contribution is 2.18. The van der Waals surface area contributed by atoms with Gasteiger partial charge in [0.15, 0.2) is 6.61 Å². The Morgan fingerprint density at radius 2 is 2.00 bits per heavy atom. The van der Waals surface area contributed by atoms with E-state index < -0.39 is 18.5 Å². The molecule has 2 rings (SSSR count). The summed E-state index contributed by atoms with van der Waals surface area (Å²) in [7, 11) is 1.57. The topological polar surface area (TPSA) is 90.6 Å². The van der Waals surface area contributed by atoms with Gasteiger partial charge in [0.25, 0.3) is 5.91 Å². The van der Waals surface area contributed by atoms with Crippen molar-refractivity contribution in [3.63, 3.8) is 0 Å². The number of halogens is 1. The Labute approximate surface area is 144 Å². The summed E-state index contributed by atoms with van der Waals surface area (Å²) in [6, 6.07) is 11.7. The van der Waals surface area contributed by atoms with Crippen molar-refractivity contribution in [2.75, 3.05) is 19.5 Å². The van der Waals surface area contributed by atoms with Gasteiger partial charge in [-0.25, -0.2) is 4.79 Å². The number of esters is 1. The van der Waals surface area contributed by atoms with Gasteiger partial charge in [0.1, 0.15) is 5.75 Å². The highest BCUT2D eigenvalue weighted by atomic mass is 35.5. The first-order valence-corrected chi connectivity index (χ1v) is 7.49. The minimum atomic E-state index is -0.702. The Morgan fingerprint density at radius 3 is 2.75 bits per heavy atom. The number of hydrogen-bond donors (Lipinski definition) is 2. The van der Waals surface area contributed by atoms with Crippen molar-refractivity contribution in [2.45, 2.75) is 6.54 Å². The molecule has 0 aliphatic rings. The molecule has 0 radical (unpaired) electrons. The maximum absolute atomic E-state index is 11.9. The molecule has 0 saturated carbocycles. The van der Waals surface area contributed by atoms with Gasteiger partial charge < -0.3 is 20.5 Å². The van der Waals surface area contributed by atoms with Crippen LogP contribution >= 0.6 is 11.6 Å². The molecule has 126 valence electrons. The van der Waals surface area contributed by atoms with E-state index in [2.05, 4.69) is 5.32 Å². The molecule has 0 saturated heterocycles. The van der Waals surface area contributed by atoms with E-state index in [1.807, 2.05) is 18.2 Å². The molecule has 0 aliphatic carbocycles. The van der Waals surface area contributed by atoms with Gasteiger partial charge in [-0.05, 0) is 35.9 Å². The van der Waals surface area contributed by atoms with Gasteiger partial charge in [0.05, 0.1) is 12.7 Å². The molecule has 0 unspecified atom stereocenters. The number of rotatable bonds is 6. The van der Waals surface area contributed by atoms with Gasteiger partial charge in [0.2, 0.25) is 0 Å². The molecule has 2 aromatic carbocycles. The molecule has 7 heteroatoms. The molecule has 0 spiro atoms. The van der Waals surface area contributed by atoms with Crippen LogP contribution in [0.4, 0.5) is 5.69 Å². The van der Waals surface area contributed by atoms with Crippen molar-refractivity contribution in [2.24, 2.45) is 0 Å². The monoisotopic (exact) mass is 348 g/mol. The first-order valence-electron chi connectivity index (χ1n) is 7.11. The lowest BCUT2D eigenvalue weighted by Crippen LogP contribution is -2.28. The lowest BCUT2D eigenvalue weighted by atomic mass is 10.2. The van der Waals surface area contributed by atoms with Gasteiger partial charge in [0, 0.05) is 17.3 Å². The predicted molar refractivity (Wildman–Crippen MR) is 91.0 cm³/mol. The van der Waals surface area contributed by atoms with Crippen LogP contribution in [0, 0.1) is 0 Å². The lowest BCUT2D eigenvalue weighted by Gasteiger charge is -2.09. The zero-order valence-corrected chi connectivity index (χ0v) is 13.8. The van der Waals surface area contributed by atoms with E-state index in [-0.39, 0.29) is 11.3 Å². The second kappa shape index (κ2) is 8.21. The van der Waals surface area contributed by atoms with Crippen LogP contribution in [0.2, 0.25) is 5.02 Å². The number of nitrogens with one attached hydrogen (secondary N) is 1. The minimum absolute atomic E-state index is 0.128. The fraction of sp³-hybridized carbons (Fsp3) is 0.176. The third kappa shape index (κ3) is 4.89. The van der Waals surface area contributed by atoms with E-state index in [0.717, 1.165) is 5.56 Å². The van der Waals surface area contributed by atoms with E-state index in [4.69, 9.17) is 26.8 Å². The highest BCUT2D eigenvalue weighted by molar-refractivity contribution is 6.31. The van der Waals surface area contributed by atoms with Gasteiger partial charge in [-0.1, -0.05) is 23.7 Å². The van der Waals surface area contributed by atoms with Crippen LogP contribution in [-0.4, -0.2) is 25.6 Å². The summed E-state index contributed by atoms with van der Waals surface area (Å²) >= 11 is 5.81. The van der Waals surface area contributed by atoms with Gasteiger partial charge >= 0.3 is 5.97 Å². The largest absolute Gasteiger partial charge is 0.497 e. The molecule has 0 aromatic heterocycles.